The molecule has 106 valence electrons. The monoisotopic (exact) mass is 281 g/mol. The second kappa shape index (κ2) is 5.05. The Morgan fingerprint density at radius 3 is 2.62 bits per heavy atom. The highest BCUT2D eigenvalue weighted by Gasteiger charge is 2.16. The summed E-state index contributed by atoms with van der Waals surface area (Å²) in [6, 6.07) is 12.8. The van der Waals surface area contributed by atoms with Crippen LogP contribution in [0.3, 0.4) is 0 Å². The van der Waals surface area contributed by atoms with Crippen molar-refractivity contribution in [2.75, 3.05) is 5.73 Å². The number of H-pyrrole nitrogens is 1. The van der Waals surface area contributed by atoms with E-state index in [2.05, 4.69) is 16.3 Å². The van der Waals surface area contributed by atoms with Gasteiger partial charge in [0, 0.05) is 5.56 Å². The standard InChI is InChI=1S/C17H16FN3/c1-10-4-3-5-12(8-10)15-16(20-21-17(15)19)14-7-6-13(18)9-11(14)2/h3-9H,1-2H3,(H3,19,20,21). The molecule has 0 aliphatic heterocycles. The van der Waals surface area contributed by atoms with Gasteiger partial charge < -0.3 is 5.73 Å². The molecule has 3 nitrogen and oxygen atoms in total. The third kappa shape index (κ3) is 2.40. The third-order valence-corrected chi connectivity index (χ3v) is 3.56. The van der Waals surface area contributed by atoms with E-state index in [1.165, 1.54) is 12.1 Å². The summed E-state index contributed by atoms with van der Waals surface area (Å²) in [4.78, 5) is 0. The van der Waals surface area contributed by atoms with Gasteiger partial charge in [-0.2, -0.15) is 5.10 Å². The van der Waals surface area contributed by atoms with E-state index >= 15 is 0 Å². The Morgan fingerprint density at radius 2 is 1.90 bits per heavy atom. The Bertz CT molecular complexity index is 806. The molecule has 4 heteroatoms. The number of rotatable bonds is 2. The molecule has 0 aliphatic carbocycles. The molecule has 2 aromatic carbocycles. The topological polar surface area (TPSA) is 54.7 Å². The van der Waals surface area contributed by atoms with Gasteiger partial charge in [-0.15, -0.1) is 0 Å². The summed E-state index contributed by atoms with van der Waals surface area (Å²) in [5.41, 5.74) is 11.6. The lowest BCUT2D eigenvalue weighted by Crippen LogP contribution is -1.91. The largest absolute Gasteiger partial charge is 0.382 e. The quantitative estimate of drug-likeness (QED) is 0.743. The highest BCUT2D eigenvalue weighted by molar-refractivity contribution is 5.88. The van der Waals surface area contributed by atoms with Gasteiger partial charge in [-0.3, -0.25) is 5.10 Å². The van der Waals surface area contributed by atoms with Gasteiger partial charge in [0.25, 0.3) is 0 Å². The summed E-state index contributed by atoms with van der Waals surface area (Å²) < 4.78 is 13.3. The Hall–Kier alpha value is -2.62. The number of aromatic amines is 1. The Kier molecular flexibility index (Phi) is 3.22. The lowest BCUT2D eigenvalue weighted by molar-refractivity contribution is 0.627. The molecule has 1 aromatic heterocycles. The molecule has 0 spiro atoms. The van der Waals surface area contributed by atoms with E-state index in [0.717, 1.165) is 33.5 Å². The smallest absolute Gasteiger partial charge is 0.153 e. The highest BCUT2D eigenvalue weighted by Crippen LogP contribution is 2.36. The number of nitrogens with zero attached hydrogens (tertiary/aromatic N) is 1. The van der Waals surface area contributed by atoms with Gasteiger partial charge in [-0.1, -0.05) is 29.8 Å². The molecule has 0 bridgehead atoms. The summed E-state index contributed by atoms with van der Waals surface area (Å²) in [6.45, 7) is 3.90. The van der Waals surface area contributed by atoms with E-state index < -0.39 is 0 Å². The normalized spacial score (nSPS) is 10.8. The van der Waals surface area contributed by atoms with E-state index in [9.17, 15) is 4.39 Å². The number of benzene rings is 2. The summed E-state index contributed by atoms with van der Waals surface area (Å²) >= 11 is 0. The zero-order chi connectivity index (χ0) is 15.0. The van der Waals surface area contributed by atoms with E-state index in [4.69, 9.17) is 5.73 Å². The Labute approximate surface area is 122 Å². The third-order valence-electron chi connectivity index (χ3n) is 3.56. The van der Waals surface area contributed by atoms with Gasteiger partial charge in [0.05, 0.1) is 11.3 Å². The first kappa shape index (κ1) is 13.4. The van der Waals surface area contributed by atoms with Crippen LogP contribution in [0.4, 0.5) is 10.2 Å². The van der Waals surface area contributed by atoms with E-state index in [0.29, 0.717) is 5.82 Å². The second-order valence-corrected chi connectivity index (χ2v) is 5.19. The minimum atomic E-state index is -0.249. The minimum absolute atomic E-state index is 0.249. The number of nitrogens with one attached hydrogen (secondary N) is 1. The average Bonchev–Trinajstić information content (AvgIpc) is 2.80. The zero-order valence-electron chi connectivity index (χ0n) is 11.9. The van der Waals surface area contributed by atoms with Crippen LogP contribution in [0.25, 0.3) is 22.4 Å². The molecule has 0 fully saturated rings. The first-order valence-corrected chi connectivity index (χ1v) is 6.73. The number of nitrogens with two attached hydrogens (primary N) is 1. The van der Waals surface area contributed by atoms with Gasteiger partial charge in [0.15, 0.2) is 5.82 Å². The fraction of sp³-hybridized carbons (Fsp3) is 0.118. The number of aryl methyl sites for hydroxylation is 2. The van der Waals surface area contributed by atoms with Crippen molar-refractivity contribution in [1.82, 2.24) is 10.2 Å². The first-order valence-electron chi connectivity index (χ1n) is 6.73. The Balaban J connectivity index is 2.22. The summed E-state index contributed by atoms with van der Waals surface area (Å²) in [6.07, 6.45) is 0. The molecule has 0 amide bonds. The van der Waals surface area contributed by atoms with Crippen LogP contribution >= 0.6 is 0 Å². The van der Waals surface area contributed by atoms with Crippen molar-refractivity contribution < 1.29 is 4.39 Å². The molecule has 0 aliphatic rings. The van der Waals surface area contributed by atoms with Gasteiger partial charge in [-0.25, -0.2) is 4.39 Å². The van der Waals surface area contributed by atoms with Crippen molar-refractivity contribution in [3.05, 3.63) is 59.4 Å². The van der Waals surface area contributed by atoms with Crippen LogP contribution < -0.4 is 5.73 Å². The fourth-order valence-electron chi connectivity index (χ4n) is 2.55. The van der Waals surface area contributed by atoms with Gasteiger partial charge in [-0.05, 0) is 43.2 Å². The van der Waals surface area contributed by atoms with Crippen LogP contribution in [0, 0.1) is 19.7 Å². The number of nitrogen functional groups attached to an aromatic ring is 1. The van der Waals surface area contributed by atoms with Gasteiger partial charge >= 0.3 is 0 Å². The lowest BCUT2D eigenvalue weighted by atomic mass is 9.97. The number of aromatic nitrogens is 2. The maximum atomic E-state index is 13.3. The molecular weight excluding hydrogens is 265 g/mol. The molecule has 0 saturated carbocycles. The molecule has 0 radical (unpaired) electrons. The molecule has 0 unspecified atom stereocenters. The zero-order valence-corrected chi connectivity index (χ0v) is 11.9. The van der Waals surface area contributed by atoms with Crippen LogP contribution in [-0.2, 0) is 0 Å². The molecule has 0 saturated heterocycles. The van der Waals surface area contributed by atoms with Crippen molar-refractivity contribution >= 4 is 5.82 Å². The molecular formula is C17H16FN3. The van der Waals surface area contributed by atoms with Crippen LogP contribution in [0.2, 0.25) is 0 Å². The van der Waals surface area contributed by atoms with Crippen molar-refractivity contribution in [1.29, 1.82) is 0 Å². The van der Waals surface area contributed by atoms with E-state index in [-0.39, 0.29) is 5.82 Å². The Morgan fingerprint density at radius 1 is 1.10 bits per heavy atom. The van der Waals surface area contributed by atoms with Crippen LogP contribution in [0.1, 0.15) is 11.1 Å². The maximum Gasteiger partial charge on any atom is 0.153 e. The average molecular weight is 281 g/mol. The molecule has 1 heterocycles. The molecule has 3 N–H and O–H groups in total. The van der Waals surface area contributed by atoms with Crippen LogP contribution in [0.15, 0.2) is 42.5 Å². The number of halogens is 1. The van der Waals surface area contributed by atoms with E-state index in [1.807, 2.05) is 32.0 Å². The van der Waals surface area contributed by atoms with Crippen LogP contribution in [0.5, 0.6) is 0 Å². The van der Waals surface area contributed by atoms with Crippen molar-refractivity contribution in [3.8, 4) is 22.4 Å². The second-order valence-electron chi connectivity index (χ2n) is 5.19. The van der Waals surface area contributed by atoms with Crippen molar-refractivity contribution in [3.63, 3.8) is 0 Å². The molecule has 21 heavy (non-hydrogen) atoms. The van der Waals surface area contributed by atoms with Crippen LogP contribution in [-0.4, -0.2) is 10.2 Å². The first-order chi connectivity index (χ1) is 10.1. The maximum absolute atomic E-state index is 13.3. The van der Waals surface area contributed by atoms with Crippen molar-refractivity contribution in [2.45, 2.75) is 13.8 Å². The predicted molar refractivity (Wildman–Crippen MR) is 83.3 cm³/mol. The minimum Gasteiger partial charge on any atom is -0.382 e. The molecule has 3 aromatic rings. The predicted octanol–water partition coefficient (Wildman–Crippen LogP) is 4.08. The summed E-state index contributed by atoms with van der Waals surface area (Å²) in [5.74, 6) is 0.195. The molecule has 0 atom stereocenters. The summed E-state index contributed by atoms with van der Waals surface area (Å²) in [5, 5.41) is 7.09. The fourth-order valence-corrected chi connectivity index (χ4v) is 2.55. The van der Waals surface area contributed by atoms with Crippen molar-refractivity contribution in [2.24, 2.45) is 0 Å². The number of hydrogen-bond acceptors (Lipinski definition) is 2. The SMILES string of the molecule is Cc1cccc(-c2c(N)n[nH]c2-c2ccc(F)cc2C)c1. The highest BCUT2D eigenvalue weighted by atomic mass is 19.1. The lowest BCUT2D eigenvalue weighted by Gasteiger charge is -2.08. The summed E-state index contributed by atoms with van der Waals surface area (Å²) in [7, 11) is 0. The number of hydrogen-bond donors (Lipinski definition) is 2. The number of anilines is 1. The molecule has 3 rings (SSSR count). The van der Waals surface area contributed by atoms with Gasteiger partial charge in [0.2, 0.25) is 0 Å². The van der Waals surface area contributed by atoms with Gasteiger partial charge in [0.1, 0.15) is 5.82 Å². The van der Waals surface area contributed by atoms with E-state index in [1.54, 1.807) is 6.07 Å².